The fourth-order valence-electron chi connectivity index (χ4n) is 1.58. The highest BCUT2D eigenvalue weighted by Crippen LogP contribution is 2.18. The zero-order valence-corrected chi connectivity index (χ0v) is 11.8. The predicted molar refractivity (Wildman–Crippen MR) is 70.8 cm³/mol. The van der Waals surface area contributed by atoms with E-state index in [1.807, 2.05) is 0 Å². The fourth-order valence-corrected chi connectivity index (χ4v) is 2.66. The zero-order chi connectivity index (χ0) is 14.9. The number of hydrogen-bond donors (Lipinski definition) is 2. The molecule has 1 aromatic carbocycles. The van der Waals surface area contributed by atoms with Crippen LogP contribution in [-0.4, -0.2) is 13.4 Å². The molecule has 1 heterocycles. The Morgan fingerprint density at radius 3 is 2.70 bits per heavy atom. The van der Waals surface area contributed by atoms with E-state index in [0.717, 1.165) is 12.1 Å². The van der Waals surface area contributed by atoms with Crippen molar-refractivity contribution in [1.29, 1.82) is 0 Å². The summed E-state index contributed by atoms with van der Waals surface area (Å²) >= 11 is 0. The van der Waals surface area contributed by atoms with Crippen LogP contribution in [0, 0.1) is 19.7 Å². The third-order valence-electron chi connectivity index (χ3n) is 2.73. The van der Waals surface area contributed by atoms with Crippen LogP contribution in [0.25, 0.3) is 0 Å². The highest BCUT2D eigenvalue weighted by atomic mass is 32.2. The molecule has 0 unspecified atom stereocenters. The molecule has 0 atom stereocenters. The van der Waals surface area contributed by atoms with Crippen molar-refractivity contribution in [3.05, 3.63) is 41.4 Å². The van der Waals surface area contributed by atoms with Gasteiger partial charge < -0.3 is 10.2 Å². The Morgan fingerprint density at radius 1 is 1.40 bits per heavy atom. The van der Waals surface area contributed by atoms with Crippen molar-refractivity contribution >= 4 is 15.7 Å². The van der Waals surface area contributed by atoms with Gasteiger partial charge in [0.25, 0.3) is 0 Å². The van der Waals surface area contributed by atoms with Gasteiger partial charge in [-0.25, -0.2) is 22.5 Å². The molecule has 0 aliphatic carbocycles. The summed E-state index contributed by atoms with van der Waals surface area (Å²) in [6.07, 6.45) is 0. The number of aryl methyl sites for hydroxylation is 2. The monoisotopic (exact) mass is 299 g/mol. The number of benzene rings is 1. The summed E-state index contributed by atoms with van der Waals surface area (Å²) in [7, 11) is -4.02. The Morgan fingerprint density at radius 2 is 2.10 bits per heavy atom. The third kappa shape index (κ3) is 2.97. The van der Waals surface area contributed by atoms with Crippen molar-refractivity contribution in [3.63, 3.8) is 0 Å². The van der Waals surface area contributed by atoms with Gasteiger partial charge in [-0.2, -0.15) is 0 Å². The van der Waals surface area contributed by atoms with Gasteiger partial charge in [0, 0.05) is 5.69 Å². The minimum atomic E-state index is -4.02. The average molecular weight is 299 g/mol. The van der Waals surface area contributed by atoms with Crippen LogP contribution in [0.1, 0.15) is 17.3 Å². The molecule has 0 aliphatic heterocycles. The number of rotatable bonds is 4. The van der Waals surface area contributed by atoms with E-state index in [4.69, 9.17) is 10.2 Å². The van der Waals surface area contributed by atoms with Crippen molar-refractivity contribution in [3.8, 4) is 0 Å². The number of nitrogen functional groups attached to an aromatic ring is 1. The third-order valence-corrected chi connectivity index (χ3v) is 4.15. The first-order valence-corrected chi connectivity index (χ1v) is 7.25. The Bertz CT molecular complexity index is 721. The number of nitrogens with two attached hydrogens (primary N) is 1. The van der Waals surface area contributed by atoms with Crippen LogP contribution in [0.2, 0.25) is 0 Å². The molecule has 6 nitrogen and oxygen atoms in total. The van der Waals surface area contributed by atoms with Crippen LogP contribution in [0.4, 0.5) is 10.1 Å². The summed E-state index contributed by atoms with van der Waals surface area (Å²) in [4.78, 5) is 3.53. The summed E-state index contributed by atoms with van der Waals surface area (Å²) in [6, 6.07) is 3.35. The van der Waals surface area contributed by atoms with E-state index in [9.17, 15) is 12.8 Å². The molecule has 1 aromatic heterocycles. The molecule has 20 heavy (non-hydrogen) atoms. The predicted octanol–water partition coefficient (Wildman–Crippen LogP) is 1.49. The maximum Gasteiger partial charge on any atom is 0.244 e. The number of nitrogens with one attached hydrogen (secondary N) is 1. The maximum atomic E-state index is 13.5. The van der Waals surface area contributed by atoms with Crippen molar-refractivity contribution < 1.29 is 17.2 Å². The molecule has 0 aliphatic rings. The van der Waals surface area contributed by atoms with Crippen LogP contribution >= 0.6 is 0 Å². The van der Waals surface area contributed by atoms with Gasteiger partial charge in [-0.15, -0.1) is 0 Å². The number of halogens is 1. The molecular formula is C12H14FN3O3S. The van der Waals surface area contributed by atoms with Crippen molar-refractivity contribution in [2.24, 2.45) is 0 Å². The van der Waals surface area contributed by atoms with Crippen LogP contribution in [0.15, 0.2) is 27.5 Å². The van der Waals surface area contributed by atoms with Gasteiger partial charge >= 0.3 is 0 Å². The second kappa shape index (κ2) is 5.22. The van der Waals surface area contributed by atoms with Crippen LogP contribution in [0.5, 0.6) is 0 Å². The lowest BCUT2D eigenvalue weighted by Crippen LogP contribution is -2.24. The van der Waals surface area contributed by atoms with Crippen LogP contribution in [-0.2, 0) is 16.6 Å². The summed E-state index contributed by atoms with van der Waals surface area (Å²) in [5.41, 5.74) is 6.30. The summed E-state index contributed by atoms with van der Waals surface area (Å²) in [5.74, 6) is -0.0475. The smallest absolute Gasteiger partial charge is 0.244 e. The summed E-state index contributed by atoms with van der Waals surface area (Å²) in [6.45, 7) is 3.30. The molecule has 0 fully saturated rings. The minimum Gasteiger partial charge on any atom is -0.444 e. The molecule has 3 N–H and O–H groups in total. The van der Waals surface area contributed by atoms with E-state index < -0.39 is 20.7 Å². The Kier molecular flexibility index (Phi) is 3.78. The molecule has 0 saturated heterocycles. The van der Waals surface area contributed by atoms with Crippen LogP contribution < -0.4 is 10.5 Å². The molecule has 0 saturated carbocycles. The normalized spacial score (nSPS) is 11.8. The highest BCUT2D eigenvalue weighted by molar-refractivity contribution is 7.89. The van der Waals surface area contributed by atoms with Gasteiger partial charge in [0.2, 0.25) is 15.9 Å². The lowest BCUT2D eigenvalue weighted by molar-refractivity contribution is 0.462. The standard InChI is InChI=1S/C12H14FN3O3S/c1-7-8(2)19-12(16-7)6-15-20(17,18)11-5-9(14)3-4-10(11)13/h3-5,15H,6,14H2,1-2H3. The molecule has 2 rings (SSSR count). The van der Waals surface area contributed by atoms with E-state index >= 15 is 0 Å². The molecule has 0 amide bonds. The van der Waals surface area contributed by atoms with Crippen LogP contribution in [0.3, 0.4) is 0 Å². The maximum absolute atomic E-state index is 13.5. The van der Waals surface area contributed by atoms with Gasteiger partial charge in [-0.1, -0.05) is 0 Å². The molecule has 2 aromatic rings. The minimum absolute atomic E-state index is 0.161. The van der Waals surface area contributed by atoms with E-state index in [1.165, 1.54) is 6.07 Å². The largest absolute Gasteiger partial charge is 0.444 e. The molecule has 0 bridgehead atoms. The van der Waals surface area contributed by atoms with Crippen molar-refractivity contribution in [2.45, 2.75) is 25.3 Å². The highest BCUT2D eigenvalue weighted by Gasteiger charge is 2.20. The van der Waals surface area contributed by atoms with Crippen molar-refractivity contribution in [2.75, 3.05) is 5.73 Å². The van der Waals surface area contributed by atoms with E-state index in [0.29, 0.717) is 11.5 Å². The van der Waals surface area contributed by atoms with Crippen molar-refractivity contribution in [1.82, 2.24) is 9.71 Å². The number of aromatic nitrogens is 1. The molecular weight excluding hydrogens is 285 g/mol. The van der Waals surface area contributed by atoms with E-state index in [-0.39, 0.29) is 18.1 Å². The summed E-state index contributed by atoms with van der Waals surface area (Å²) < 4.78 is 45.0. The number of hydrogen-bond acceptors (Lipinski definition) is 5. The molecule has 8 heteroatoms. The lowest BCUT2D eigenvalue weighted by Gasteiger charge is -2.06. The summed E-state index contributed by atoms with van der Waals surface area (Å²) in [5, 5.41) is 0. The number of sulfonamides is 1. The van der Waals surface area contributed by atoms with Gasteiger partial charge in [0.1, 0.15) is 16.5 Å². The number of nitrogens with zero attached hydrogens (tertiary/aromatic N) is 1. The SMILES string of the molecule is Cc1nc(CNS(=O)(=O)c2cc(N)ccc2F)oc1C. The van der Waals surface area contributed by atoms with E-state index in [2.05, 4.69) is 9.71 Å². The second-order valence-corrected chi connectivity index (χ2v) is 6.00. The van der Waals surface area contributed by atoms with Gasteiger partial charge in [-0.3, -0.25) is 0 Å². The molecule has 0 radical (unpaired) electrons. The first-order valence-electron chi connectivity index (χ1n) is 5.77. The van der Waals surface area contributed by atoms with E-state index in [1.54, 1.807) is 13.8 Å². The average Bonchev–Trinajstić information content (AvgIpc) is 2.69. The van der Waals surface area contributed by atoms with Gasteiger partial charge in [0.15, 0.2) is 0 Å². The Labute approximate surface area is 115 Å². The topological polar surface area (TPSA) is 98.2 Å². The fraction of sp³-hybridized carbons (Fsp3) is 0.250. The van der Waals surface area contributed by atoms with Gasteiger partial charge in [-0.05, 0) is 32.0 Å². The first-order chi connectivity index (χ1) is 9.29. The van der Waals surface area contributed by atoms with Gasteiger partial charge in [0.05, 0.1) is 12.2 Å². The number of oxazole rings is 1. The Hall–Kier alpha value is -1.93. The first kappa shape index (κ1) is 14.5. The lowest BCUT2D eigenvalue weighted by atomic mass is 10.3. The molecule has 0 spiro atoms. The quantitative estimate of drug-likeness (QED) is 0.833. The molecule has 108 valence electrons. The zero-order valence-electron chi connectivity index (χ0n) is 11.0. The Balaban J connectivity index is 2.21. The second-order valence-electron chi connectivity index (χ2n) is 4.26. The number of anilines is 1.